The Labute approximate surface area is 123 Å². The Hall–Kier alpha value is -2.07. The first-order chi connectivity index (χ1) is 9.72. The lowest BCUT2D eigenvalue weighted by Gasteiger charge is -2.08. The van der Waals surface area contributed by atoms with E-state index in [0.29, 0.717) is 17.9 Å². The molecule has 3 nitrogen and oxygen atoms in total. The van der Waals surface area contributed by atoms with E-state index in [2.05, 4.69) is 15.9 Å². The van der Waals surface area contributed by atoms with E-state index in [-0.39, 0.29) is 0 Å². The molecule has 4 heteroatoms. The third kappa shape index (κ3) is 2.75. The minimum absolute atomic E-state index is 0.412. The maximum Gasteiger partial charge on any atom is 0.339 e. The Morgan fingerprint density at radius 2 is 1.85 bits per heavy atom. The van der Waals surface area contributed by atoms with Crippen molar-refractivity contribution in [2.75, 3.05) is 0 Å². The van der Waals surface area contributed by atoms with Crippen molar-refractivity contribution in [2.24, 2.45) is 0 Å². The second-order valence-electron chi connectivity index (χ2n) is 4.34. The third-order valence-corrected chi connectivity index (χ3v) is 3.40. The van der Waals surface area contributed by atoms with Crippen LogP contribution in [0, 0.1) is 0 Å². The van der Waals surface area contributed by atoms with Gasteiger partial charge in [-0.3, -0.25) is 0 Å². The minimum atomic E-state index is -0.418. The summed E-state index contributed by atoms with van der Waals surface area (Å²) in [4.78, 5) is 11.6. The Bertz CT molecular complexity index is 794. The van der Waals surface area contributed by atoms with Gasteiger partial charge < -0.3 is 9.15 Å². The fourth-order valence-corrected chi connectivity index (χ4v) is 2.30. The summed E-state index contributed by atoms with van der Waals surface area (Å²) in [5.41, 5.74) is 1.14. The molecule has 2 aromatic carbocycles. The number of fused-ring (bicyclic) bond motifs is 1. The van der Waals surface area contributed by atoms with Crippen LogP contribution >= 0.6 is 15.9 Å². The Balaban J connectivity index is 1.97. The summed E-state index contributed by atoms with van der Waals surface area (Å²) in [6, 6.07) is 16.7. The van der Waals surface area contributed by atoms with Gasteiger partial charge >= 0.3 is 5.63 Å². The van der Waals surface area contributed by atoms with Crippen molar-refractivity contribution >= 4 is 26.9 Å². The van der Waals surface area contributed by atoms with Crippen LogP contribution in [0.1, 0.15) is 5.56 Å². The molecule has 0 saturated heterocycles. The number of ether oxygens (including phenoxy) is 1. The molecule has 20 heavy (non-hydrogen) atoms. The highest BCUT2D eigenvalue weighted by Crippen LogP contribution is 2.27. The standard InChI is InChI=1S/C16H11BrO3/c17-12-6-7-13-14(9-16(18)20-15(13)8-12)19-10-11-4-2-1-3-5-11/h1-9H,10H2. The topological polar surface area (TPSA) is 39.4 Å². The summed E-state index contributed by atoms with van der Waals surface area (Å²) >= 11 is 3.35. The zero-order valence-electron chi connectivity index (χ0n) is 10.5. The number of halogens is 1. The summed E-state index contributed by atoms with van der Waals surface area (Å²) in [5.74, 6) is 0.535. The zero-order valence-corrected chi connectivity index (χ0v) is 12.1. The van der Waals surface area contributed by atoms with Gasteiger partial charge in [0.15, 0.2) is 0 Å². The molecule has 0 bridgehead atoms. The molecule has 0 saturated carbocycles. The molecule has 0 N–H and O–H groups in total. The maximum atomic E-state index is 11.6. The van der Waals surface area contributed by atoms with Crippen molar-refractivity contribution in [3.63, 3.8) is 0 Å². The first kappa shape index (κ1) is 12.9. The summed E-state index contributed by atoms with van der Waals surface area (Å²) in [6.07, 6.45) is 0. The first-order valence-corrected chi connectivity index (χ1v) is 6.92. The van der Waals surface area contributed by atoms with Gasteiger partial charge in [-0.1, -0.05) is 46.3 Å². The molecule has 3 rings (SSSR count). The van der Waals surface area contributed by atoms with Gasteiger partial charge in [0.2, 0.25) is 0 Å². The number of rotatable bonds is 3. The second kappa shape index (κ2) is 5.51. The fraction of sp³-hybridized carbons (Fsp3) is 0.0625. The lowest BCUT2D eigenvalue weighted by Crippen LogP contribution is -2.02. The average Bonchev–Trinajstić information content (AvgIpc) is 2.45. The molecule has 0 atom stereocenters. The van der Waals surface area contributed by atoms with Crippen molar-refractivity contribution in [3.05, 3.63) is 75.1 Å². The van der Waals surface area contributed by atoms with Gasteiger partial charge in [0.1, 0.15) is 17.9 Å². The van der Waals surface area contributed by atoms with Crippen LogP contribution in [0.2, 0.25) is 0 Å². The molecule has 0 fully saturated rings. The SMILES string of the molecule is O=c1cc(OCc2ccccc2)c2ccc(Br)cc2o1. The van der Waals surface area contributed by atoms with E-state index in [1.165, 1.54) is 6.07 Å². The Morgan fingerprint density at radius 3 is 2.65 bits per heavy atom. The third-order valence-electron chi connectivity index (χ3n) is 2.91. The van der Waals surface area contributed by atoms with E-state index in [0.717, 1.165) is 15.4 Å². The highest BCUT2D eigenvalue weighted by molar-refractivity contribution is 9.10. The molecule has 0 aliphatic carbocycles. The quantitative estimate of drug-likeness (QED) is 0.677. The second-order valence-corrected chi connectivity index (χ2v) is 5.26. The van der Waals surface area contributed by atoms with E-state index in [9.17, 15) is 4.79 Å². The summed E-state index contributed by atoms with van der Waals surface area (Å²) in [7, 11) is 0. The number of hydrogen-bond donors (Lipinski definition) is 0. The van der Waals surface area contributed by atoms with E-state index in [4.69, 9.17) is 9.15 Å². The molecular formula is C16H11BrO3. The molecule has 1 heterocycles. The van der Waals surface area contributed by atoms with Gasteiger partial charge in [-0.05, 0) is 23.8 Å². The van der Waals surface area contributed by atoms with E-state index >= 15 is 0 Å². The van der Waals surface area contributed by atoms with Crippen LogP contribution in [-0.2, 0) is 6.61 Å². The fourth-order valence-electron chi connectivity index (χ4n) is 1.96. The largest absolute Gasteiger partial charge is 0.488 e. The van der Waals surface area contributed by atoms with Crippen LogP contribution in [0.25, 0.3) is 11.0 Å². The molecule has 0 radical (unpaired) electrons. The average molecular weight is 331 g/mol. The molecule has 100 valence electrons. The zero-order chi connectivity index (χ0) is 13.9. The molecule has 0 unspecified atom stereocenters. The van der Waals surface area contributed by atoms with Gasteiger partial charge in [0.25, 0.3) is 0 Å². The lowest BCUT2D eigenvalue weighted by atomic mass is 10.2. The Kier molecular flexibility index (Phi) is 3.56. The van der Waals surface area contributed by atoms with Crippen molar-refractivity contribution in [1.29, 1.82) is 0 Å². The van der Waals surface area contributed by atoms with Crippen molar-refractivity contribution < 1.29 is 9.15 Å². The first-order valence-electron chi connectivity index (χ1n) is 6.12. The molecule has 0 spiro atoms. The van der Waals surface area contributed by atoms with E-state index in [1.807, 2.05) is 42.5 Å². The smallest absolute Gasteiger partial charge is 0.339 e. The van der Waals surface area contributed by atoms with E-state index in [1.54, 1.807) is 6.07 Å². The van der Waals surface area contributed by atoms with Crippen LogP contribution in [0.15, 0.2) is 68.3 Å². The van der Waals surface area contributed by atoms with Crippen LogP contribution in [0.5, 0.6) is 5.75 Å². The van der Waals surface area contributed by atoms with Crippen LogP contribution in [0.3, 0.4) is 0 Å². The van der Waals surface area contributed by atoms with E-state index < -0.39 is 5.63 Å². The lowest BCUT2D eigenvalue weighted by molar-refractivity contribution is 0.307. The van der Waals surface area contributed by atoms with Crippen LogP contribution < -0.4 is 10.4 Å². The molecule has 0 aliphatic heterocycles. The maximum absolute atomic E-state index is 11.6. The summed E-state index contributed by atoms with van der Waals surface area (Å²) in [5, 5.41) is 0.781. The van der Waals surface area contributed by atoms with Crippen molar-refractivity contribution in [1.82, 2.24) is 0 Å². The number of benzene rings is 2. The monoisotopic (exact) mass is 330 g/mol. The molecule has 0 aliphatic rings. The minimum Gasteiger partial charge on any atom is -0.488 e. The summed E-state index contributed by atoms with van der Waals surface area (Å²) < 4.78 is 11.8. The van der Waals surface area contributed by atoms with Crippen LogP contribution in [0.4, 0.5) is 0 Å². The molecular weight excluding hydrogens is 320 g/mol. The Morgan fingerprint density at radius 1 is 1.05 bits per heavy atom. The predicted molar refractivity (Wildman–Crippen MR) is 81.0 cm³/mol. The molecule has 3 aromatic rings. The van der Waals surface area contributed by atoms with Gasteiger partial charge in [0, 0.05) is 4.47 Å². The van der Waals surface area contributed by atoms with Gasteiger partial charge in [-0.15, -0.1) is 0 Å². The van der Waals surface area contributed by atoms with Crippen molar-refractivity contribution in [3.8, 4) is 5.75 Å². The molecule has 1 aromatic heterocycles. The normalized spacial score (nSPS) is 10.7. The van der Waals surface area contributed by atoms with Gasteiger partial charge in [-0.2, -0.15) is 0 Å². The highest BCUT2D eigenvalue weighted by Gasteiger charge is 2.07. The van der Waals surface area contributed by atoms with Gasteiger partial charge in [-0.25, -0.2) is 4.79 Å². The predicted octanol–water partition coefficient (Wildman–Crippen LogP) is 4.13. The van der Waals surface area contributed by atoms with Crippen molar-refractivity contribution in [2.45, 2.75) is 6.61 Å². The number of hydrogen-bond acceptors (Lipinski definition) is 3. The van der Waals surface area contributed by atoms with Gasteiger partial charge in [0.05, 0.1) is 11.5 Å². The summed E-state index contributed by atoms with van der Waals surface area (Å²) in [6.45, 7) is 0.412. The van der Waals surface area contributed by atoms with Crippen LogP contribution in [-0.4, -0.2) is 0 Å². The molecule has 0 amide bonds. The highest BCUT2D eigenvalue weighted by atomic mass is 79.9.